The molecule has 0 bridgehead atoms. The molecule has 308 valence electrons. The van der Waals surface area contributed by atoms with Crippen LogP contribution < -0.4 is 0 Å². The lowest BCUT2D eigenvalue weighted by Crippen LogP contribution is -2.27. The first kappa shape index (κ1) is 50.9. The number of aliphatic hydroxyl groups excluding tert-OH is 1. The molecule has 1 unspecified atom stereocenters. The van der Waals surface area contributed by atoms with E-state index in [1.54, 1.807) is 0 Å². The molecule has 0 aromatic rings. The summed E-state index contributed by atoms with van der Waals surface area (Å²) >= 11 is 0. The van der Waals surface area contributed by atoms with Crippen molar-refractivity contribution in [3.8, 4) is 0 Å². The topological polar surface area (TPSA) is 55.8 Å². The van der Waals surface area contributed by atoms with Crippen LogP contribution in [0.4, 0.5) is 0 Å². The number of carbonyl (C=O) groups excluding carboxylic acids is 1. The number of esters is 1. The van der Waals surface area contributed by atoms with E-state index in [9.17, 15) is 9.90 Å². The van der Waals surface area contributed by atoms with Gasteiger partial charge in [-0.3, -0.25) is 4.79 Å². The van der Waals surface area contributed by atoms with Crippen molar-refractivity contribution < 1.29 is 19.4 Å². The monoisotopic (exact) mass is 733 g/mol. The molecule has 0 aromatic carbocycles. The summed E-state index contributed by atoms with van der Waals surface area (Å²) in [5, 5.41) is 9.62. The van der Waals surface area contributed by atoms with E-state index >= 15 is 0 Å². The minimum absolute atomic E-state index is 0.168. The molecule has 0 spiro atoms. The minimum Gasteiger partial charge on any atom is -0.457 e. The summed E-state index contributed by atoms with van der Waals surface area (Å²) in [6.45, 7) is 5.36. The minimum atomic E-state index is -0.532. The first-order valence-electron chi connectivity index (χ1n) is 23.4. The van der Waals surface area contributed by atoms with Gasteiger partial charge in [-0.25, -0.2) is 0 Å². The molecule has 1 N–H and O–H groups in total. The van der Waals surface area contributed by atoms with Gasteiger partial charge >= 0.3 is 5.97 Å². The second kappa shape index (κ2) is 46.0. The summed E-state index contributed by atoms with van der Waals surface area (Å²) in [5.41, 5.74) is 0. The maximum atomic E-state index is 12.2. The fourth-order valence-corrected chi connectivity index (χ4v) is 7.01. The van der Waals surface area contributed by atoms with Crippen molar-refractivity contribution in [1.82, 2.24) is 0 Å². The number of aliphatic hydroxyl groups is 1. The number of allylic oxidation sites excluding steroid dienone is 4. The largest absolute Gasteiger partial charge is 0.457 e. The van der Waals surface area contributed by atoms with Crippen LogP contribution in [0.2, 0.25) is 0 Å². The van der Waals surface area contributed by atoms with Gasteiger partial charge in [-0.1, -0.05) is 224 Å². The Morgan fingerprint density at radius 2 is 0.808 bits per heavy atom. The molecule has 0 saturated heterocycles. The van der Waals surface area contributed by atoms with Gasteiger partial charge in [0.25, 0.3) is 0 Å². The van der Waals surface area contributed by atoms with Crippen LogP contribution in [-0.2, 0) is 14.3 Å². The average molecular weight is 733 g/mol. The Morgan fingerprint density at radius 1 is 0.462 bits per heavy atom. The third-order valence-electron chi connectivity index (χ3n) is 10.5. The molecule has 0 aliphatic rings. The molecule has 4 nitrogen and oxygen atoms in total. The summed E-state index contributed by atoms with van der Waals surface area (Å²) in [4.78, 5) is 12.2. The third-order valence-corrected chi connectivity index (χ3v) is 10.5. The molecule has 0 radical (unpaired) electrons. The Labute approximate surface area is 326 Å². The number of hydrogen-bond acceptors (Lipinski definition) is 4. The summed E-state index contributed by atoms with van der Waals surface area (Å²) in [6.07, 6.45) is 56.8. The smallest absolute Gasteiger partial charge is 0.306 e. The van der Waals surface area contributed by atoms with E-state index in [1.165, 1.54) is 205 Å². The Morgan fingerprint density at radius 3 is 1.23 bits per heavy atom. The number of rotatable bonds is 44. The van der Waals surface area contributed by atoms with Gasteiger partial charge in [0, 0.05) is 13.0 Å². The summed E-state index contributed by atoms with van der Waals surface area (Å²) in [5.74, 6) is -0.196. The molecular formula is C48H92O4. The average Bonchev–Trinajstić information content (AvgIpc) is 3.15. The van der Waals surface area contributed by atoms with Crippen LogP contribution >= 0.6 is 0 Å². The molecule has 0 aliphatic carbocycles. The van der Waals surface area contributed by atoms with Gasteiger partial charge in [0.05, 0.1) is 13.2 Å². The highest BCUT2D eigenvalue weighted by molar-refractivity contribution is 5.69. The highest BCUT2D eigenvalue weighted by atomic mass is 16.6. The van der Waals surface area contributed by atoms with E-state index in [2.05, 4.69) is 38.2 Å². The van der Waals surface area contributed by atoms with Crippen molar-refractivity contribution in [1.29, 1.82) is 0 Å². The highest BCUT2D eigenvalue weighted by Gasteiger charge is 2.13. The molecule has 0 amide bonds. The van der Waals surface area contributed by atoms with Gasteiger partial charge in [0.1, 0.15) is 6.10 Å². The number of carbonyl (C=O) groups is 1. The molecular weight excluding hydrogens is 641 g/mol. The van der Waals surface area contributed by atoms with Gasteiger partial charge in [-0.2, -0.15) is 0 Å². The Balaban J connectivity index is 3.38. The van der Waals surface area contributed by atoms with Crippen LogP contribution in [-0.4, -0.2) is 37.0 Å². The van der Waals surface area contributed by atoms with Gasteiger partial charge in [-0.15, -0.1) is 0 Å². The Bertz CT molecular complexity index is 732. The summed E-state index contributed by atoms with van der Waals surface area (Å²) in [7, 11) is 0. The normalized spacial score (nSPS) is 12.4. The Kier molecular flexibility index (Phi) is 45.0. The molecule has 0 rings (SSSR count). The lowest BCUT2D eigenvalue weighted by atomic mass is 10.0. The lowest BCUT2D eigenvalue weighted by molar-refractivity contribution is -0.154. The molecule has 0 heterocycles. The van der Waals surface area contributed by atoms with E-state index in [1.807, 2.05) is 0 Å². The molecule has 4 heteroatoms. The van der Waals surface area contributed by atoms with E-state index in [0.717, 1.165) is 25.7 Å². The second-order valence-corrected chi connectivity index (χ2v) is 15.8. The molecule has 0 aliphatic heterocycles. The first-order valence-corrected chi connectivity index (χ1v) is 23.4. The molecule has 52 heavy (non-hydrogen) atoms. The third kappa shape index (κ3) is 43.3. The van der Waals surface area contributed by atoms with E-state index in [0.29, 0.717) is 19.6 Å². The molecule has 0 saturated carbocycles. The maximum absolute atomic E-state index is 12.2. The van der Waals surface area contributed by atoms with Crippen LogP contribution in [0.15, 0.2) is 24.3 Å². The quantitative estimate of drug-likeness (QED) is 0.0385. The highest BCUT2D eigenvalue weighted by Crippen LogP contribution is 2.16. The van der Waals surface area contributed by atoms with Gasteiger partial charge < -0.3 is 14.6 Å². The first-order chi connectivity index (χ1) is 25.7. The van der Waals surface area contributed by atoms with Crippen LogP contribution in [0, 0.1) is 0 Å². The zero-order valence-corrected chi connectivity index (χ0v) is 35.3. The van der Waals surface area contributed by atoms with E-state index < -0.39 is 6.10 Å². The zero-order valence-electron chi connectivity index (χ0n) is 35.3. The van der Waals surface area contributed by atoms with Crippen LogP contribution in [0.3, 0.4) is 0 Å². The second-order valence-electron chi connectivity index (χ2n) is 15.8. The van der Waals surface area contributed by atoms with Gasteiger partial charge in [0.15, 0.2) is 0 Å². The van der Waals surface area contributed by atoms with Crippen molar-refractivity contribution in [2.75, 3.05) is 19.8 Å². The SMILES string of the molecule is CCCCC/C=C\C/C=C\CCCCCCCCCCCCOCC(CO)OC(=O)CCCCCCCCCCCCCCCCCCCCCC. The van der Waals surface area contributed by atoms with Gasteiger partial charge in [0.2, 0.25) is 0 Å². The van der Waals surface area contributed by atoms with Crippen molar-refractivity contribution in [2.45, 2.75) is 258 Å². The predicted octanol–water partition coefficient (Wildman–Crippen LogP) is 15.5. The molecule has 1 atom stereocenters. The number of ether oxygens (including phenoxy) is 2. The van der Waals surface area contributed by atoms with Crippen LogP contribution in [0.25, 0.3) is 0 Å². The van der Waals surface area contributed by atoms with Crippen LogP contribution in [0.5, 0.6) is 0 Å². The predicted molar refractivity (Wildman–Crippen MR) is 228 cm³/mol. The maximum Gasteiger partial charge on any atom is 0.306 e. The van der Waals surface area contributed by atoms with Gasteiger partial charge in [-0.05, 0) is 44.9 Å². The number of hydrogen-bond donors (Lipinski definition) is 1. The Hall–Kier alpha value is -1.13. The lowest BCUT2D eigenvalue weighted by Gasteiger charge is -2.16. The zero-order chi connectivity index (χ0) is 37.7. The van der Waals surface area contributed by atoms with E-state index in [4.69, 9.17) is 9.47 Å². The molecule has 0 aromatic heterocycles. The van der Waals surface area contributed by atoms with Crippen molar-refractivity contribution in [3.63, 3.8) is 0 Å². The summed E-state index contributed by atoms with van der Waals surface area (Å²) in [6, 6.07) is 0. The fourth-order valence-electron chi connectivity index (χ4n) is 7.01. The standard InChI is InChI=1S/C48H92O4/c1-3-5-7-9-11-13-15-17-19-21-23-25-27-29-31-33-35-37-39-41-43-48(50)52-47(45-49)46-51-44-42-40-38-36-34-32-30-28-26-24-22-20-18-16-14-12-10-8-6-4-2/h12,14,18,20,47,49H,3-11,13,15-17,19,21-46H2,1-2H3/b14-12-,20-18-. The van der Waals surface area contributed by atoms with Crippen molar-refractivity contribution in [3.05, 3.63) is 24.3 Å². The fraction of sp³-hybridized carbons (Fsp3) is 0.896. The van der Waals surface area contributed by atoms with Crippen LogP contribution in [0.1, 0.15) is 251 Å². The molecule has 0 fully saturated rings. The summed E-state index contributed by atoms with van der Waals surface area (Å²) < 4.78 is 11.2. The van der Waals surface area contributed by atoms with Crippen molar-refractivity contribution >= 4 is 5.97 Å². The van der Waals surface area contributed by atoms with Crippen molar-refractivity contribution in [2.24, 2.45) is 0 Å². The number of unbranched alkanes of at least 4 members (excludes halogenated alkanes) is 32. The van der Waals surface area contributed by atoms with E-state index in [-0.39, 0.29) is 12.6 Å².